The van der Waals surface area contributed by atoms with Crippen molar-refractivity contribution >= 4 is 11.3 Å². The monoisotopic (exact) mass is 290 g/mol. The van der Waals surface area contributed by atoms with Gasteiger partial charge in [0.05, 0.1) is 0 Å². The molecule has 0 radical (unpaired) electrons. The smallest absolute Gasteiger partial charge is 0.106 e. The van der Waals surface area contributed by atoms with Crippen molar-refractivity contribution in [3.05, 3.63) is 52.0 Å². The first-order chi connectivity index (χ1) is 9.66. The maximum Gasteiger partial charge on any atom is 0.106 e. The maximum absolute atomic E-state index is 6.04. The minimum atomic E-state index is 0.00569. The third-order valence-corrected chi connectivity index (χ3v) is 4.24. The van der Waals surface area contributed by atoms with Gasteiger partial charge < -0.3 is 10.5 Å². The van der Waals surface area contributed by atoms with Crippen LogP contribution in [0.2, 0.25) is 0 Å². The number of hydrogen-bond donors (Lipinski definition) is 1. The fourth-order valence-electron chi connectivity index (χ4n) is 2.14. The summed E-state index contributed by atoms with van der Waals surface area (Å²) < 4.78 is 5.99. The Hall–Kier alpha value is -1.23. The summed E-state index contributed by atoms with van der Waals surface area (Å²) in [7, 11) is 0. The molecule has 2 rings (SSSR count). The second-order valence-electron chi connectivity index (χ2n) is 5.06. The average molecular weight is 290 g/mol. The molecule has 0 bridgehead atoms. The Morgan fingerprint density at radius 1 is 1.25 bits per heavy atom. The Kier molecular flexibility index (Phi) is 5.71. The molecule has 2 unspecified atom stereocenters. The first-order valence-electron chi connectivity index (χ1n) is 6.99. The van der Waals surface area contributed by atoms with E-state index in [1.54, 1.807) is 11.3 Å². The molecule has 0 amide bonds. The van der Waals surface area contributed by atoms with Gasteiger partial charge >= 0.3 is 0 Å². The fourth-order valence-corrected chi connectivity index (χ4v) is 3.18. The molecule has 0 fully saturated rings. The van der Waals surface area contributed by atoms with Crippen LogP contribution in [-0.4, -0.2) is 17.6 Å². The Morgan fingerprint density at radius 2 is 2.00 bits per heavy atom. The van der Waals surface area contributed by atoms with Crippen LogP contribution < -0.4 is 5.73 Å². The van der Waals surface area contributed by atoms with E-state index in [-0.39, 0.29) is 12.1 Å². The molecule has 0 aliphatic carbocycles. The van der Waals surface area contributed by atoms with E-state index >= 15 is 0 Å². The van der Waals surface area contributed by atoms with E-state index in [9.17, 15) is 0 Å². The summed E-state index contributed by atoms with van der Waals surface area (Å²) in [6.45, 7) is 4.84. The predicted molar refractivity (Wildman–Crippen MR) is 84.0 cm³/mol. The van der Waals surface area contributed by atoms with Gasteiger partial charge in [0.1, 0.15) is 6.10 Å². The van der Waals surface area contributed by atoms with E-state index in [0.717, 1.165) is 19.4 Å². The summed E-state index contributed by atoms with van der Waals surface area (Å²) in [5, 5.41) is 0. The number of pyridine rings is 1. The molecule has 0 saturated heterocycles. The van der Waals surface area contributed by atoms with Gasteiger partial charge in [-0.25, -0.2) is 0 Å². The number of rotatable bonds is 7. The zero-order chi connectivity index (χ0) is 14.4. The van der Waals surface area contributed by atoms with E-state index in [1.807, 2.05) is 31.5 Å². The second kappa shape index (κ2) is 7.53. The van der Waals surface area contributed by atoms with Crippen LogP contribution in [0, 0.1) is 6.92 Å². The van der Waals surface area contributed by atoms with Crippen LogP contribution in [0.1, 0.15) is 34.8 Å². The predicted octanol–water partition coefficient (Wildman–Crippen LogP) is 3.49. The lowest BCUT2D eigenvalue weighted by Crippen LogP contribution is -2.26. The molecule has 2 atom stereocenters. The highest BCUT2D eigenvalue weighted by molar-refractivity contribution is 7.12. The molecule has 20 heavy (non-hydrogen) atoms. The summed E-state index contributed by atoms with van der Waals surface area (Å²) in [6, 6.07) is 8.35. The summed E-state index contributed by atoms with van der Waals surface area (Å²) in [6.07, 6.45) is 5.67. The SMILES string of the molecule is Cc1ccc(C(OCCCc2ccncc2)C(C)N)s1. The van der Waals surface area contributed by atoms with E-state index in [0.29, 0.717) is 0 Å². The molecule has 0 saturated carbocycles. The summed E-state index contributed by atoms with van der Waals surface area (Å²) in [4.78, 5) is 6.54. The molecule has 2 aromatic rings. The van der Waals surface area contributed by atoms with Gasteiger partial charge in [0, 0.05) is 34.8 Å². The number of thiophene rings is 1. The van der Waals surface area contributed by atoms with Crippen molar-refractivity contribution in [3.8, 4) is 0 Å². The molecule has 108 valence electrons. The molecule has 3 nitrogen and oxygen atoms in total. The Labute approximate surface area is 124 Å². The van der Waals surface area contributed by atoms with Crippen LogP contribution in [0.4, 0.5) is 0 Å². The van der Waals surface area contributed by atoms with Gasteiger partial charge in [-0.1, -0.05) is 0 Å². The van der Waals surface area contributed by atoms with E-state index in [4.69, 9.17) is 10.5 Å². The van der Waals surface area contributed by atoms with Gasteiger partial charge in [0.15, 0.2) is 0 Å². The molecule has 0 aliphatic rings. The molecule has 2 aromatic heterocycles. The van der Waals surface area contributed by atoms with Crippen LogP contribution in [0.3, 0.4) is 0 Å². The van der Waals surface area contributed by atoms with Gasteiger partial charge in [-0.3, -0.25) is 4.98 Å². The molecule has 0 aliphatic heterocycles. The largest absolute Gasteiger partial charge is 0.371 e. The third-order valence-electron chi connectivity index (χ3n) is 3.18. The van der Waals surface area contributed by atoms with E-state index < -0.39 is 0 Å². The number of nitrogens with zero attached hydrogens (tertiary/aromatic N) is 1. The van der Waals surface area contributed by atoms with Gasteiger partial charge in [-0.15, -0.1) is 11.3 Å². The summed E-state index contributed by atoms with van der Waals surface area (Å²) in [5.41, 5.74) is 7.34. The molecule has 4 heteroatoms. The van der Waals surface area contributed by atoms with Crippen molar-refractivity contribution < 1.29 is 4.74 Å². The fraction of sp³-hybridized carbons (Fsp3) is 0.438. The van der Waals surface area contributed by atoms with Crippen molar-refractivity contribution in [3.63, 3.8) is 0 Å². The highest BCUT2D eigenvalue weighted by atomic mass is 32.1. The van der Waals surface area contributed by atoms with Crippen molar-refractivity contribution in [2.24, 2.45) is 5.73 Å². The average Bonchev–Trinajstić information content (AvgIpc) is 2.85. The van der Waals surface area contributed by atoms with Crippen molar-refractivity contribution in [1.82, 2.24) is 4.98 Å². The first-order valence-corrected chi connectivity index (χ1v) is 7.81. The molecule has 0 aromatic carbocycles. The van der Waals surface area contributed by atoms with Crippen LogP contribution >= 0.6 is 11.3 Å². The van der Waals surface area contributed by atoms with Crippen LogP contribution in [0.5, 0.6) is 0 Å². The zero-order valence-electron chi connectivity index (χ0n) is 12.1. The lowest BCUT2D eigenvalue weighted by molar-refractivity contribution is 0.0394. The number of aromatic nitrogens is 1. The molecule has 0 spiro atoms. The summed E-state index contributed by atoms with van der Waals surface area (Å²) in [5.74, 6) is 0. The number of ether oxygens (including phenoxy) is 1. The van der Waals surface area contributed by atoms with E-state index in [2.05, 4.69) is 24.0 Å². The lowest BCUT2D eigenvalue weighted by Gasteiger charge is -2.20. The van der Waals surface area contributed by atoms with Crippen LogP contribution in [-0.2, 0) is 11.2 Å². The van der Waals surface area contributed by atoms with Gasteiger partial charge in [-0.05, 0) is 56.5 Å². The Morgan fingerprint density at radius 3 is 2.60 bits per heavy atom. The normalized spacial score (nSPS) is 14.2. The quantitative estimate of drug-likeness (QED) is 0.794. The van der Waals surface area contributed by atoms with Crippen molar-refractivity contribution in [2.45, 2.75) is 38.8 Å². The second-order valence-corrected chi connectivity index (χ2v) is 6.38. The minimum absolute atomic E-state index is 0.00569. The van der Waals surface area contributed by atoms with Crippen LogP contribution in [0.25, 0.3) is 0 Å². The standard InChI is InChI=1S/C16H22N2OS/c1-12-5-6-15(20-12)16(13(2)17)19-11-3-4-14-7-9-18-10-8-14/h5-10,13,16H,3-4,11,17H2,1-2H3. The van der Waals surface area contributed by atoms with Crippen LogP contribution in [0.15, 0.2) is 36.7 Å². The molecular weight excluding hydrogens is 268 g/mol. The highest BCUT2D eigenvalue weighted by Gasteiger charge is 2.18. The Balaban J connectivity index is 1.81. The number of hydrogen-bond acceptors (Lipinski definition) is 4. The number of aryl methyl sites for hydroxylation is 2. The zero-order valence-corrected chi connectivity index (χ0v) is 12.9. The van der Waals surface area contributed by atoms with Crippen molar-refractivity contribution in [1.29, 1.82) is 0 Å². The summed E-state index contributed by atoms with van der Waals surface area (Å²) >= 11 is 1.77. The van der Waals surface area contributed by atoms with E-state index in [1.165, 1.54) is 15.3 Å². The highest BCUT2D eigenvalue weighted by Crippen LogP contribution is 2.27. The third kappa shape index (κ3) is 4.40. The number of nitrogens with two attached hydrogens (primary N) is 1. The van der Waals surface area contributed by atoms with Gasteiger partial charge in [-0.2, -0.15) is 0 Å². The lowest BCUT2D eigenvalue weighted by atomic mass is 10.1. The van der Waals surface area contributed by atoms with Gasteiger partial charge in [0.2, 0.25) is 0 Å². The molecular formula is C16H22N2OS. The van der Waals surface area contributed by atoms with Gasteiger partial charge in [0.25, 0.3) is 0 Å². The topological polar surface area (TPSA) is 48.1 Å². The Bertz CT molecular complexity index is 510. The maximum atomic E-state index is 6.04. The molecule has 2 heterocycles. The first kappa shape index (κ1) is 15.2. The molecule has 2 N–H and O–H groups in total. The van der Waals surface area contributed by atoms with Crippen molar-refractivity contribution in [2.75, 3.05) is 6.61 Å². The minimum Gasteiger partial charge on any atom is -0.371 e.